The van der Waals surface area contributed by atoms with Crippen LogP contribution in [-0.2, 0) is 22.9 Å². The van der Waals surface area contributed by atoms with Gasteiger partial charge in [0.1, 0.15) is 10.4 Å². The molecule has 1 fully saturated rings. The average molecular weight is 530 g/mol. The van der Waals surface area contributed by atoms with Crippen LogP contribution in [0.2, 0.25) is 0 Å². The molecule has 0 bridgehead atoms. The van der Waals surface area contributed by atoms with Gasteiger partial charge in [0, 0.05) is 37.6 Å². The number of thiophene rings is 1. The number of aromatic nitrogens is 5. The van der Waals surface area contributed by atoms with E-state index in [4.69, 9.17) is 14.5 Å². The van der Waals surface area contributed by atoms with Crippen LogP contribution in [0.15, 0.2) is 42.6 Å². The maximum atomic E-state index is 12.9. The van der Waals surface area contributed by atoms with E-state index in [9.17, 15) is 4.79 Å². The fourth-order valence-electron chi connectivity index (χ4n) is 5.98. The van der Waals surface area contributed by atoms with Crippen LogP contribution < -0.4 is 0 Å². The van der Waals surface area contributed by atoms with Crippen molar-refractivity contribution in [2.45, 2.75) is 39.2 Å². The molecular formula is C29H31N5O3S. The summed E-state index contributed by atoms with van der Waals surface area (Å²) in [4.78, 5) is 18.5. The van der Waals surface area contributed by atoms with Gasteiger partial charge in [0.25, 0.3) is 0 Å². The highest BCUT2D eigenvalue weighted by Crippen LogP contribution is 2.45. The van der Waals surface area contributed by atoms with Crippen LogP contribution >= 0.6 is 11.3 Å². The molecule has 1 aromatic carbocycles. The van der Waals surface area contributed by atoms with Crippen molar-refractivity contribution >= 4 is 38.6 Å². The predicted octanol–water partition coefficient (Wildman–Crippen LogP) is 5.72. The average Bonchev–Trinajstić information content (AvgIpc) is 3.59. The minimum Gasteiger partial charge on any atom is -0.465 e. The van der Waals surface area contributed by atoms with Crippen LogP contribution in [0.4, 0.5) is 0 Å². The monoisotopic (exact) mass is 529 g/mol. The Morgan fingerprint density at radius 2 is 2.00 bits per heavy atom. The highest BCUT2D eigenvalue weighted by molar-refractivity contribution is 7.22. The normalized spacial score (nSPS) is 15.4. The lowest BCUT2D eigenvalue weighted by atomic mass is 9.86. The summed E-state index contributed by atoms with van der Waals surface area (Å²) in [6.45, 7) is 5.57. The number of benzene rings is 1. The molecule has 8 nitrogen and oxygen atoms in total. The van der Waals surface area contributed by atoms with E-state index >= 15 is 0 Å². The number of fused-ring (bicyclic) bond motifs is 3. The Morgan fingerprint density at radius 1 is 1.24 bits per heavy atom. The summed E-state index contributed by atoms with van der Waals surface area (Å²) in [5.74, 6) is 0.0816. The van der Waals surface area contributed by atoms with E-state index in [1.807, 2.05) is 20.2 Å². The summed E-state index contributed by atoms with van der Waals surface area (Å²) in [5.41, 5.74) is 8.08. The Labute approximate surface area is 225 Å². The minimum absolute atomic E-state index is 0.0632. The lowest BCUT2D eigenvalue weighted by Crippen LogP contribution is -2.27. The van der Waals surface area contributed by atoms with Gasteiger partial charge in [-0.2, -0.15) is 0 Å². The molecule has 196 valence electrons. The summed E-state index contributed by atoms with van der Waals surface area (Å²) in [6.07, 6.45) is 4.54. The molecule has 0 spiro atoms. The first kappa shape index (κ1) is 24.8. The molecule has 0 radical (unpaired) electrons. The van der Waals surface area contributed by atoms with Gasteiger partial charge in [-0.15, -0.1) is 16.4 Å². The first-order valence-corrected chi connectivity index (χ1v) is 13.9. The second-order valence-electron chi connectivity index (χ2n) is 9.85. The standard InChI is InChI=1S/C29H31N5O3S/c1-5-21-26-28(38-27(21)29(35)36-4)23-22(15-20(16-30-23)24-17(2)31-32-33(24)3)34(26)25(18-9-7-6-8-10-18)19-11-13-37-14-12-19/h6-10,15-16,19,25H,5,11-14H2,1-4H3. The first-order valence-electron chi connectivity index (χ1n) is 13.1. The zero-order valence-electron chi connectivity index (χ0n) is 22.1. The number of hydrogen-bond acceptors (Lipinski definition) is 7. The van der Waals surface area contributed by atoms with Gasteiger partial charge in [0.15, 0.2) is 0 Å². The number of nitrogens with zero attached hydrogens (tertiary/aromatic N) is 5. The third kappa shape index (κ3) is 3.92. The van der Waals surface area contributed by atoms with Gasteiger partial charge in [-0.25, -0.2) is 9.48 Å². The van der Waals surface area contributed by atoms with Crippen molar-refractivity contribution in [2.75, 3.05) is 20.3 Å². The molecule has 5 heterocycles. The van der Waals surface area contributed by atoms with E-state index in [-0.39, 0.29) is 12.0 Å². The summed E-state index contributed by atoms with van der Waals surface area (Å²) in [7, 11) is 3.35. The van der Waals surface area contributed by atoms with Crippen LogP contribution in [-0.4, -0.2) is 50.8 Å². The summed E-state index contributed by atoms with van der Waals surface area (Å²) >= 11 is 1.49. The van der Waals surface area contributed by atoms with Crippen molar-refractivity contribution in [3.63, 3.8) is 0 Å². The first-order chi connectivity index (χ1) is 18.5. The Kier molecular flexibility index (Phi) is 6.49. The quantitative estimate of drug-likeness (QED) is 0.262. The van der Waals surface area contributed by atoms with Crippen LogP contribution in [0.25, 0.3) is 32.5 Å². The van der Waals surface area contributed by atoms with Crippen molar-refractivity contribution in [3.05, 3.63) is 64.3 Å². The van der Waals surface area contributed by atoms with E-state index in [0.717, 1.165) is 69.8 Å². The Hall–Kier alpha value is -3.56. The van der Waals surface area contributed by atoms with Crippen LogP contribution in [0.5, 0.6) is 0 Å². The molecule has 1 aliphatic heterocycles. The Balaban J connectivity index is 1.71. The fourth-order valence-corrected chi connectivity index (χ4v) is 7.29. The van der Waals surface area contributed by atoms with Gasteiger partial charge in [-0.1, -0.05) is 42.5 Å². The van der Waals surface area contributed by atoms with E-state index in [1.165, 1.54) is 24.0 Å². The molecule has 0 amide bonds. The van der Waals surface area contributed by atoms with Crippen LogP contribution in [0, 0.1) is 12.8 Å². The maximum absolute atomic E-state index is 12.9. The van der Waals surface area contributed by atoms with Crippen molar-refractivity contribution in [1.82, 2.24) is 24.5 Å². The zero-order valence-corrected chi connectivity index (χ0v) is 22.9. The van der Waals surface area contributed by atoms with E-state index in [1.54, 1.807) is 4.68 Å². The van der Waals surface area contributed by atoms with Gasteiger partial charge in [0.2, 0.25) is 0 Å². The molecule has 0 N–H and O–H groups in total. The number of ether oxygens (including phenoxy) is 2. The molecule has 38 heavy (non-hydrogen) atoms. The van der Waals surface area contributed by atoms with Crippen molar-refractivity contribution in [3.8, 4) is 11.3 Å². The smallest absolute Gasteiger partial charge is 0.348 e. The van der Waals surface area contributed by atoms with Crippen molar-refractivity contribution in [1.29, 1.82) is 0 Å². The van der Waals surface area contributed by atoms with Crippen LogP contribution in [0.1, 0.15) is 52.3 Å². The highest BCUT2D eigenvalue weighted by Gasteiger charge is 2.33. The minimum atomic E-state index is -0.293. The summed E-state index contributed by atoms with van der Waals surface area (Å²) < 4.78 is 16.2. The molecule has 9 heteroatoms. The van der Waals surface area contributed by atoms with E-state index < -0.39 is 0 Å². The van der Waals surface area contributed by atoms with Crippen molar-refractivity contribution in [2.24, 2.45) is 13.0 Å². The van der Waals surface area contributed by atoms with Crippen molar-refractivity contribution < 1.29 is 14.3 Å². The molecule has 4 aromatic heterocycles. The molecule has 1 atom stereocenters. The fraction of sp³-hybridized carbons (Fsp3) is 0.379. The zero-order chi connectivity index (χ0) is 26.4. The number of hydrogen-bond donors (Lipinski definition) is 0. The second-order valence-corrected chi connectivity index (χ2v) is 10.9. The number of methoxy groups -OCH3 is 1. The number of pyridine rings is 1. The van der Waals surface area contributed by atoms with Gasteiger partial charge in [-0.3, -0.25) is 4.98 Å². The second kappa shape index (κ2) is 9.96. The number of rotatable bonds is 6. The largest absolute Gasteiger partial charge is 0.465 e. The third-order valence-corrected chi connectivity index (χ3v) is 8.89. The number of aryl methyl sites for hydroxylation is 3. The molecule has 5 aromatic rings. The van der Waals surface area contributed by atoms with E-state index in [0.29, 0.717) is 17.2 Å². The van der Waals surface area contributed by atoms with Gasteiger partial charge >= 0.3 is 5.97 Å². The number of esters is 1. The predicted molar refractivity (Wildman–Crippen MR) is 149 cm³/mol. The Bertz CT molecular complexity index is 1610. The molecule has 0 aliphatic carbocycles. The summed E-state index contributed by atoms with van der Waals surface area (Å²) in [5, 5.41) is 8.49. The number of carbonyl (C=O) groups excluding carboxylic acids is 1. The highest BCUT2D eigenvalue weighted by atomic mass is 32.1. The topological polar surface area (TPSA) is 84.1 Å². The number of carbonyl (C=O) groups is 1. The van der Waals surface area contributed by atoms with E-state index in [2.05, 4.69) is 58.2 Å². The maximum Gasteiger partial charge on any atom is 0.348 e. The van der Waals surface area contributed by atoms with Gasteiger partial charge < -0.3 is 14.0 Å². The Morgan fingerprint density at radius 3 is 2.66 bits per heavy atom. The van der Waals surface area contributed by atoms with Crippen LogP contribution in [0.3, 0.4) is 0 Å². The SMILES string of the molecule is CCc1c(C(=O)OC)sc2c3ncc(-c4c(C)nnn4C)cc3n(C(c3ccccc3)C3CCOCC3)c12. The van der Waals surface area contributed by atoms with Gasteiger partial charge in [0.05, 0.1) is 40.3 Å². The molecule has 1 unspecified atom stereocenters. The molecule has 0 saturated carbocycles. The molecule has 1 aliphatic rings. The molecule has 6 rings (SSSR count). The third-order valence-electron chi connectivity index (χ3n) is 7.69. The summed E-state index contributed by atoms with van der Waals surface area (Å²) in [6, 6.07) is 13.0. The lowest BCUT2D eigenvalue weighted by Gasteiger charge is -2.33. The molecular weight excluding hydrogens is 498 g/mol. The van der Waals surface area contributed by atoms with Gasteiger partial charge in [-0.05, 0) is 43.7 Å². The molecule has 1 saturated heterocycles. The lowest BCUT2D eigenvalue weighted by molar-refractivity contribution is 0.0552.